The molecular formula is C12H15N3OS. The minimum Gasteiger partial charge on any atom is -0.491 e. The molecule has 0 amide bonds. The molecule has 0 aliphatic heterocycles. The maximum atomic E-state index is 5.59. The van der Waals surface area contributed by atoms with Gasteiger partial charge in [0.05, 0.1) is 17.8 Å². The monoisotopic (exact) mass is 249 g/mol. The van der Waals surface area contributed by atoms with Gasteiger partial charge in [0.25, 0.3) is 0 Å². The van der Waals surface area contributed by atoms with Crippen LogP contribution in [0.5, 0.6) is 5.75 Å². The summed E-state index contributed by atoms with van der Waals surface area (Å²) in [6.45, 7) is 4.02. The summed E-state index contributed by atoms with van der Waals surface area (Å²) >= 11 is 1.21. The van der Waals surface area contributed by atoms with E-state index >= 15 is 0 Å². The van der Waals surface area contributed by atoms with Crippen molar-refractivity contribution in [3.63, 3.8) is 0 Å². The number of nitrogens with one attached hydrogen (secondary N) is 1. The Morgan fingerprint density at radius 2 is 1.88 bits per heavy atom. The zero-order valence-corrected chi connectivity index (χ0v) is 10.9. The van der Waals surface area contributed by atoms with Crippen molar-refractivity contribution in [3.8, 4) is 17.0 Å². The lowest BCUT2D eigenvalue weighted by Crippen LogP contribution is -2.05. The fourth-order valence-electron chi connectivity index (χ4n) is 1.51. The van der Waals surface area contributed by atoms with Gasteiger partial charge < -0.3 is 10.1 Å². The summed E-state index contributed by atoms with van der Waals surface area (Å²) in [7, 11) is 1.84. The molecule has 5 heteroatoms. The average molecular weight is 249 g/mol. The van der Waals surface area contributed by atoms with E-state index in [1.165, 1.54) is 11.7 Å². The summed E-state index contributed by atoms with van der Waals surface area (Å²) < 4.78 is 14.0. The first-order valence-electron chi connectivity index (χ1n) is 5.48. The second-order valence-electron chi connectivity index (χ2n) is 3.90. The molecule has 0 atom stereocenters. The highest BCUT2D eigenvalue weighted by Gasteiger charge is 2.09. The molecule has 90 valence electrons. The summed E-state index contributed by atoms with van der Waals surface area (Å²) in [6, 6.07) is 7.90. The van der Waals surface area contributed by atoms with Crippen LogP contribution in [-0.2, 0) is 0 Å². The van der Waals surface area contributed by atoms with E-state index in [1.807, 2.05) is 45.2 Å². The van der Waals surface area contributed by atoms with Crippen LogP contribution in [-0.4, -0.2) is 21.9 Å². The van der Waals surface area contributed by atoms with E-state index in [9.17, 15) is 0 Å². The Balaban J connectivity index is 2.23. The molecule has 0 saturated heterocycles. The third-order valence-corrected chi connectivity index (χ3v) is 2.75. The molecule has 1 aromatic heterocycles. The quantitative estimate of drug-likeness (QED) is 0.904. The summed E-state index contributed by atoms with van der Waals surface area (Å²) in [5.74, 6) is 1.69. The number of aromatic nitrogens is 2. The topological polar surface area (TPSA) is 47.0 Å². The van der Waals surface area contributed by atoms with Gasteiger partial charge in [-0.25, -0.2) is 0 Å². The van der Waals surface area contributed by atoms with Crippen LogP contribution in [0.1, 0.15) is 13.8 Å². The second kappa shape index (κ2) is 5.14. The number of ether oxygens (including phenoxy) is 1. The molecule has 0 fully saturated rings. The predicted molar refractivity (Wildman–Crippen MR) is 70.7 cm³/mol. The minimum absolute atomic E-state index is 0.189. The van der Waals surface area contributed by atoms with Crippen molar-refractivity contribution >= 4 is 17.5 Å². The molecule has 0 saturated carbocycles. The zero-order chi connectivity index (χ0) is 12.3. The molecule has 2 rings (SSSR count). The lowest BCUT2D eigenvalue weighted by atomic mass is 10.1. The van der Waals surface area contributed by atoms with Crippen molar-refractivity contribution in [2.45, 2.75) is 20.0 Å². The molecule has 0 bridgehead atoms. The summed E-state index contributed by atoms with van der Waals surface area (Å²) in [5, 5.41) is 3.03. The zero-order valence-electron chi connectivity index (χ0n) is 10.1. The lowest BCUT2D eigenvalue weighted by molar-refractivity contribution is 0.242. The van der Waals surface area contributed by atoms with E-state index in [-0.39, 0.29) is 6.10 Å². The SMILES string of the molecule is CNc1nsnc1-c1ccc(OC(C)C)cc1. The smallest absolute Gasteiger partial charge is 0.167 e. The van der Waals surface area contributed by atoms with E-state index in [0.717, 1.165) is 22.8 Å². The largest absolute Gasteiger partial charge is 0.491 e. The van der Waals surface area contributed by atoms with Crippen LogP contribution in [0.4, 0.5) is 5.82 Å². The average Bonchev–Trinajstić information content (AvgIpc) is 2.77. The Morgan fingerprint density at radius 3 is 2.47 bits per heavy atom. The Morgan fingerprint density at radius 1 is 1.18 bits per heavy atom. The first-order chi connectivity index (χ1) is 8.20. The second-order valence-corrected chi connectivity index (χ2v) is 4.43. The van der Waals surface area contributed by atoms with Crippen LogP contribution in [0.25, 0.3) is 11.3 Å². The van der Waals surface area contributed by atoms with Crippen LogP contribution in [0.3, 0.4) is 0 Å². The normalized spacial score (nSPS) is 10.6. The van der Waals surface area contributed by atoms with Gasteiger partial charge in [-0.1, -0.05) is 0 Å². The number of nitrogens with zero attached hydrogens (tertiary/aromatic N) is 2. The van der Waals surface area contributed by atoms with E-state index in [2.05, 4.69) is 14.1 Å². The lowest BCUT2D eigenvalue weighted by Gasteiger charge is -2.09. The van der Waals surface area contributed by atoms with Crippen LogP contribution in [0.2, 0.25) is 0 Å². The fraction of sp³-hybridized carbons (Fsp3) is 0.333. The van der Waals surface area contributed by atoms with Crippen LogP contribution in [0, 0.1) is 0 Å². The summed E-state index contributed by atoms with van der Waals surface area (Å²) in [5.41, 5.74) is 1.92. The maximum Gasteiger partial charge on any atom is 0.167 e. The number of benzene rings is 1. The molecule has 0 spiro atoms. The molecule has 17 heavy (non-hydrogen) atoms. The van der Waals surface area contributed by atoms with Gasteiger partial charge in [0.2, 0.25) is 0 Å². The molecule has 1 aromatic carbocycles. The molecule has 1 heterocycles. The van der Waals surface area contributed by atoms with E-state index in [0.29, 0.717) is 0 Å². The Kier molecular flexibility index (Phi) is 3.58. The van der Waals surface area contributed by atoms with Crippen molar-refractivity contribution in [1.29, 1.82) is 0 Å². The maximum absolute atomic E-state index is 5.59. The Labute approximate surface area is 105 Å². The van der Waals surface area contributed by atoms with Gasteiger partial charge >= 0.3 is 0 Å². The first kappa shape index (κ1) is 11.9. The highest BCUT2D eigenvalue weighted by molar-refractivity contribution is 6.99. The van der Waals surface area contributed by atoms with Gasteiger partial charge in [0.1, 0.15) is 11.4 Å². The Hall–Kier alpha value is -1.62. The van der Waals surface area contributed by atoms with Gasteiger partial charge in [-0.3, -0.25) is 0 Å². The van der Waals surface area contributed by atoms with Gasteiger partial charge in [-0.15, -0.1) is 0 Å². The number of rotatable bonds is 4. The van der Waals surface area contributed by atoms with E-state index in [4.69, 9.17) is 4.74 Å². The predicted octanol–water partition coefficient (Wildman–Crippen LogP) is 3.03. The minimum atomic E-state index is 0.189. The van der Waals surface area contributed by atoms with Crippen molar-refractivity contribution in [3.05, 3.63) is 24.3 Å². The highest BCUT2D eigenvalue weighted by Crippen LogP contribution is 2.27. The van der Waals surface area contributed by atoms with E-state index < -0.39 is 0 Å². The van der Waals surface area contributed by atoms with Crippen LogP contribution in [0.15, 0.2) is 24.3 Å². The van der Waals surface area contributed by atoms with Gasteiger partial charge in [0, 0.05) is 12.6 Å². The molecule has 4 nitrogen and oxygen atoms in total. The fourth-order valence-corrected chi connectivity index (χ4v) is 2.08. The molecular weight excluding hydrogens is 234 g/mol. The van der Waals surface area contributed by atoms with Crippen molar-refractivity contribution in [2.75, 3.05) is 12.4 Å². The van der Waals surface area contributed by atoms with Gasteiger partial charge in [0.15, 0.2) is 5.82 Å². The molecule has 0 aliphatic rings. The standard InChI is InChI=1S/C12H15N3OS/c1-8(2)16-10-6-4-9(5-7-10)11-12(13-3)15-17-14-11/h4-8H,1-3H3,(H,13,15). The van der Waals surface area contributed by atoms with Gasteiger partial charge in [-0.2, -0.15) is 8.75 Å². The molecule has 1 N–H and O–H groups in total. The Bertz CT molecular complexity index is 479. The van der Waals surface area contributed by atoms with Crippen molar-refractivity contribution in [2.24, 2.45) is 0 Å². The highest BCUT2D eigenvalue weighted by atomic mass is 32.1. The van der Waals surface area contributed by atoms with Crippen LogP contribution < -0.4 is 10.1 Å². The molecule has 0 radical (unpaired) electrons. The third-order valence-electron chi connectivity index (χ3n) is 2.22. The van der Waals surface area contributed by atoms with Crippen molar-refractivity contribution in [1.82, 2.24) is 8.75 Å². The number of hydrogen-bond acceptors (Lipinski definition) is 5. The molecule has 2 aromatic rings. The number of anilines is 1. The van der Waals surface area contributed by atoms with E-state index in [1.54, 1.807) is 0 Å². The molecule has 0 unspecified atom stereocenters. The summed E-state index contributed by atoms with van der Waals surface area (Å²) in [4.78, 5) is 0. The number of hydrogen-bond donors (Lipinski definition) is 1. The first-order valence-corrected chi connectivity index (χ1v) is 6.21. The summed E-state index contributed by atoms with van der Waals surface area (Å²) in [6.07, 6.45) is 0.189. The van der Waals surface area contributed by atoms with Crippen molar-refractivity contribution < 1.29 is 4.74 Å². The van der Waals surface area contributed by atoms with Crippen LogP contribution >= 0.6 is 11.7 Å². The molecule has 0 aliphatic carbocycles. The third kappa shape index (κ3) is 2.74. The van der Waals surface area contributed by atoms with Gasteiger partial charge in [-0.05, 0) is 38.1 Å².